The van der Waals surface area contributed by atoms with E-state index in [0.29, 0.717) is 22.1 Å². The highest BCUT2D eigenvalue weighted by molar-refractivity contribution is 6.31. The van der Waals surface area contributed by atoms with Crippen LogP contribution >= 0.6 is 11.6 Å². The number of fused-ring (bicyclic) bond motifs is 2. The van der Waals surface area contributed by atoms with E-state index in [9.17, 15) is 5.26 Å². The van der Waals surface area contributed by atoms with Gasteiger partial charge in [-0.25, -0.2) is 9.97 Å². The molecular weight excluding hydrogens is 332 g/mol. The second kappa shape index (κ2) is 6.04. The third kappa shape index (κ3) is 2.86. The lowest BCUT2D eigenvalue weighted by molar-refractivity contribution is 1.27. The van der Waals surface area contributed by atoms with Gasteiger partial charge in [-0.3, -0.25) is 0 Å². The Morgan fingerprint density at radius 2 is 1.96 bits per heavy atom. The Balaban J connectivity index is 1.84. The van der Waals surface area contributed by atoms with Crippen LogP contribution in [0.3, 0.4) is 0 Å². The molecule has 25 heavy (non-hydrogen) atoms. The van der Waals surface area contributed by atoms with E-state index in [1.807, 2.05) is 55.5 Å². The van der Waals surface area contributed by atoms with E-state index < -0.39 is 0 Å². The zero-order valence-electron chi connectivity index (χ0n) is 13.4. The third-order valence-corrected chi connectivity index (χ3v) is 4.32. The van der Waals surface area contributed by atoms with Gasteiger partial charge in [0.2, 0.25) is 0 Å². The van der Waals surface area contributed by atoms with Gasteiger partial charge in [-0.1, -0.05) is 35.9 Å². The average Bonchev–Trinajstić information content (AvgIpc) is 3.03. The van der Waals surface area contributed by atoms with Gasteiger partial charge in [0.05, 0.1) is 22.1 Å². The summed E-state index contributed by atoms with van der Waals surface area (Å²) in [6, 6.07) is 17.8. The number of H-pyrrole nitrogens is 1. The van der Waals surface area contributed by atoms with Crippen LogP contribution in [0.1, 0.15) is 17.0 Å². The quantitative estimate of drug-likeness (QED) is 0.404. The van der Waals surface area contributed by atoms with Gasteiger partial charge in [0, 0.05) is 10.9 Å². The van der Waals surface area contributed by atoms with E-state index in [1.165, 1.54) is 0 Å². The van der Waals surface area contributed by atoms with Crippen LogP contribution in [0.25, 0.3) is 33.6 Å². The van der Waals surface area contributed by atoms with Crippen LogP contribution in [0.15, 0.2) is 48.5 Å². The number of halogens is 1. The number of pyridine rings is 1. The van der Waals surface area contributed by atoms with Gasteiger partial charge < -0.3 is 4.98 Å². The Morgan fingerprint density at radius 3 is 2.76 bits per heavy atom. The van der Waals surface area contributed by atoms with E-state index in [-0.39, 0.29) is 0 Å². The molecule has 120 valence electrons. The van der Waals surface area contributed by atoms with Crippen molar-refractivity contribution < 1.29 is 0 Å². The van der Waals surface area contributed by atoms with Crippen molar-refractivity contribution in [2.45, 2.75) is 6.92 Å². The van der Waals surface area contributed by atoms with E-state index in [2.05, 4.69) is 21.0 Å². The first-order chi connectivity index (χ1) is 12.1. The zero-order chi connectivity index (χ0) is 17.4. The van der Waals surface area contributed by atoms with Crippen LogP contribution < -0.4 is 0 Å². The molecule has 0 radical (unpaired) electrons. The van der Waals surface area contributed by atoms with Crippen LogP contribution in [0.4, 0.5) is 0 Å². The maximum atomic E-state index is 9.56. The largest absolute Gasteiger partial charge is 0.337 e. The minimum absolute atomic E-state index is 0.363. The van der Waals surface area contributed by atoms with Gasteiger partial charge in [0.1, 0.15) is 17.0 Å². The van der Waals surface area contributed by atoms with Crippen molar-refractivity contribution in [2.75, 3.05) is 0 Å². The van der Waals surface area contributed by atoms with Gasteiger partial charge in [-0.15, -0.1) is 0 Å². The number of nitriles is 1. The highest BCUT2D eigenvalue weighted by Crippen LogP contribution is 2.26. The molecule has 2 aromatic carbocycles. The molecule has 0 aliphatic rings. The molecule has 2 aromatic heterocycles. The molecule has 4 aromatic rings. The number of benzene rings is 2. The van der Waals surface area contributed by atoms with Crippen molar-refractivity contribution >= 4 is 45.2 Å². The van der Waals surface area contributed by atoms with Crippen LogP contribution in [-0.4, -0.2) is 15.0 Å². The summed E-state index contributed by atoms with van der Waals surface area (Å²) in [5, 5.41) is 10.9. The molecule has 0 aliphatic heterocycles. The standard InChI is InChI=1S/C20H13ClN4/c1-12-6-7-13-9-14(19(21)23-18(13)8-12)10-15(11-22)20-24-16-4-2-3-5-17(16)25-20/h2-10H,1H3,(H,24,25). The van der Waals surface area contributed by atoms with Crippen LogP contribution in [0.2, 0.25) is 5.15 Å². The molecule has 4 rings (SSSR count). The summed E-state index contributed by atoms with van der Waals surface area (Å²) in [6.45, 7) is 2.01. The lowest BCUT2D eigenvalue weighted by atomic mass is 10.1. The minimum Gasteiger partial charge on any atom is -0.337 e. The molecule has 0 bridgehead atoms. The number of hydrogen-bond donors (Lipinski definition) is 1. The van der Waals surface area contributed by atoms with E-state index in [1.54, 1.807) is 6.08 Å². The number of aryl methyl sites for hydroxylation is 1. The monoisotopic (exact) mass is 344 g/mol. The average molecular weight is 345 g/mol. The number of aromatic amines is 1. The number of para-hydroxylation sites is 2. The van der Waals surface area contributed by atoms with Crippen molar-refractivity contribution in [2.24, 2.45) is 0 Å². The molecule has 4 nitrogen and oxygen atoms in total. The summed E-state index contributed by atoms with van der Waals surface area (Å²) in [5.74, 6) is 0.517. The smallest absolute Gasteiger partial charge is 0.149 e. The van der Waals surface area contributed by atoms with Gasteiger partial charge in [-0.2, -0.15) is 5.26 Å². The topological polar surface area (TPSA) is 65.4 Å². The number of hydrogen-bond acceptors (Lipinski definition) is 3. The van der Waals surface area contributed by atoms with Crippen molar-refractivity contribution in [1.29, 1.82) is 5.26 Å². The van der Waals surface area contributed by atoms with Crippen molar-refractivity contribution in [3.8, 4) is 6.07 Å². The molecule has 0 spiro atoms. The summed E-state index contributed by atoms with van der Waals surface area (Å²) in [6.07, 6.45) is 1.71. The Bertz CT molecular complexity index is 1150. The maximum absolute atomic E-state index is 9.56. The van der Waals surface area contributed by atoms with Crippen LogP contribution in [0, 0.1) is 18.3 Å². The first kappa shape index (κ1) is 15.4. The van der Waals surface area contributed by atoms with Gasteiger partial charge in [-0.05, 0) is 42.8 Å². The fourth-order valence-corrected chi connectivity index (χ4v) is 2.96. The predicted octanol–water partition coefficient (Wildman–Crippen LogP) is 5.14. The van der Waals surface area contributed by atoms with Crippen LogP contribution in [0.5, 0.6) is 0 Å². The normalized spacial score (nSPS) is 11.8. The minimum atomic E-state index is 0.363. The van der Waals surface area contributed by atoms with Gasteiger partial charge in [0.25, 0.3) is 0 Å². The second-order valence-electron chi connectivity index (χ2n) is 5.84. The van der Waals surface area contributed by atoms with Crippen molar-refractivity contribution in [3.63, 3.8) is 0 Å². The summed E-state index contributed by atoms with van der Waals surface area (Å²) in [7, 11) is 0. The van der Waals surface area contributed by atoms with Crippen molar-refractivity contribution in [3.05, 3.63) is 70.6 Å². The van der Waals surface area contributed by atoms with Crippen LogP contribution in [-0.2, 0) is 0 Å². The molecule has 5 heteroatoms. The molecule has 0 atom stereocenters. The molecule has 0 amide bonds. The number of rotatable bonds is 2. The fraction of sp³-hybridized carbons (Fsp3) is 0.0500. The van der Waals surface area contributed by atoms with E-state index in [0.717, 1.165) is 27.5 Å². The number of allylic oxidation sites excluding steroid dienone is 1. The molecule has 2 heterocycles. The summed E-state index contributed by atoms with van der Waals surface area (Å²) in [4.78, 5) is 12.1. The molecule has 0 unspecified atom stereocenters. The summed E-state index contributed by atoms with van der Waals surface area (Å²) in [5.41, 5.74) is 4.76. The SMILES string of the molecule is Cc1ccc2cc(C=C(C#N)c3nc4ccccc4[nH]3)c(Cl)nc2c1. The maximum Gasteiger partial charge on any atom is 0.149 e. The Morgan fingerprint density at radius 1 is 1.12 bits per heavy atom. The van der Waals surface area contributed by atoms with E-state index >= 15 is 0 Å². The molecule has 1 N–H and O–H groups in total. The number of imidazole rings is 1. The number of nitrogens with zero attached hydrogens (tertiary/aromatic N) is 3. The second-order valence-corrected chi connectivity index (χ2v) is 6.19. The molecular formula is C20H13ClN4. The highest BCUT2D eigenvalue weighted by atomic mass is 35.5. The van der Waals surface area contributed by atoms with E-state index in [4.69, 9.17) is 11.6 Å². The lowest BCUT2D eigenvalue weighted by Gasteiger charge is -2.04. The Labute approximate surface area is 149 Å². The first-order valence-electron chi connectivity index (χ1n) is 7.78. The third-order valence-electron chi connectivity index (χ3n) is 4.02. The fourth-order valence-electron chi connectivity index (χ4n) is 2.76. The lowest BCUT2D eigenvalue weighted by Crippen LogP contribution is -1.89. The molecule has 0 fully saturated rings. The highest BCUT2D eigenvalue weighted by Gasteiger charge is 2.10. The Kier molecular flexibility index (Phi) is 3.72. The zero-order valence-corrected chi connectivity index (χ0v) is 14.2. The molecule has 0 saturated carbocycles. The predicted molar refractivity (Wildman–Crippen MR) is 101 cm³/mol. The number of nitrogens with one attached hydrogen (secondary N) is 1. The first-order valence-corrected chi connectivity index (χ1v) is 8.16. The van der Waals surface area contributed by atoms with Gasteiger partial charge >= 0.3 is 0 Å². The number of aromatic nitrogens is 3. The molecule has 0 saturated heterocycles. The molecule has 0 aliphatic carbocycles. The van der Waals surface area contributed by atoms with Gasteiger partial charge in [0.15, 0.2) is 0 Å². The summed E-state index contributed by atoms with van der Waals surface area (Å²) < 4.78 is 0. The van der Waals surface area contributed by atoms with Crippen molar-refractivity contribution in [1.82, 2.24) is 15.0 Å². The Hall–Kier alpha value is -3.16. The summed E-state index contributed by atoms with van der Waals surface area (Å²) >= 11 is 6.33.